The summed E-state index contributed by atoms with van der Waals surface area (Å²) >= 11 is 0. The zero-order chi connectivity index (χ0) is 18.8. The van der Waals surface area contributed by atoms with Gasteiger partial charge in [-0.05, 0) is 43.2 Å². The summed E-state index contributed by atoms with van der Waals surface area (Å²) < 4.78 is 5.32. The van der Waals surface area contributed by atoms with Gasteiger partial charge in [0, 0.05) is 30.4 Å². The molecule has 136 valence electrons. The Morgan fingerprint density at radius 2 is 2.00 bits per heavy atom. The van der Waals surface area contributed by atoms with Crippen molar-refractivity contribution in [2.24, 2.45) is 0 Å². The highest BCUT2D eigenvalue weighted by Crippen LogP contribution is 2.31. The molecule has 2 aromatic heterocycles. The van der Waals surface area contributed by atoms with E-state index >= 15 is 0 Å². The zero-order valence-corrected chi connectivity index (χ0v) is 14.7. The zero-order valence-electron chi connectivity index (χ0n) is 14.7. The summed E-state index contributed by atoms with van der Waals surface area (Å²) in [4.78, 5) is 21.6. The van der Waals surface area contributed by atoms with Gasteiger partial charge in [-0.25, -0.2) is 4.98 Å². The molecule has 0 atom stereocenters. The minimum atomic E-state index is -0.394. The van der Waals surface area contributed by atoms with Crippen molar-refractivity contribution in [2.45, 2.75) is 13.3 Å². The Morgan fingerprint density at radius 1 is 1.19 bits per heavy atom. The maximum Gasteiger partial charge on any atom is 0.311 e. The van der Waals surface area contributed by atoms with Gasteiger partial charge in [0.25, 0.3) is 5.89 Å². The molecule has 0 aliphatic carbocycles. The molecule has 8 nitrogen and oxygen atoms in total. The first-order valence-electron chi connectivity index (χ1n) is 8.56. The Labute approximate surface area is 155 Å². The molecule has 3 heterocycles. The number of benzene rings is 1. The number of aromatic nitrogens is 3. The third-order valence-electron chi connectivity index (χ3n) is 4.38. The number of rotatable bonds is 4. The Morgan fingerprint density at radius 3 is 2.78 bits per heavy atom. The summed E-state index contributed by atoms with van der Waals surface area (Å²) in [5.41, 5.74) is 2.71. The van der Waals surface area contributed by atoms with E-state index in [2.05, 4.69) is 15.1 Å². The van der Waals surface area contributed by atoms with Crippen LogP contribution < -0.4 is 4.90 Å². The van der Waals surface area contributed by atoms with E-state index in [1.165, 1.54) is 6.07 Å². The summed E-state index contributed by atoms with van der Waals surface area (Å²) in [6, 6.07) is 12.7. The smallest absolute Gasteiger partial charge is 0.311 e. The normalized spacial score (nSPS) is 15.4. The van der Waals surface area contributed by atoms with E-state index in [0.29, 0.717) is 30.6 Å². The van der Waals surface area contributed by atoms with Gasteiger partial charge in [-0.2, -0.15) is 4.98 Å². The predicted octanol–water partition coefficient (Wildman–Crippen LogP) is 3.64. The van der Waals surface area contributed by atoms with E-state index in [-0.39, 0.29) is 5.69 Å². The summed E-state index contributed by atoms with van der Waals surface area (Å²) in [5.74, 6) is 1.37. The lowest BCUT2D eigenvalue weighted by Gasteiger charge is -2.16. The number of pyridine rings is 1. The molecule has 0 N–H and O–H groups in total. The molecule has 1 aromatic carbocycles. The lowest BCUT2D eigenvalue weighted by molar-refractivity contribution is -0.384. The summed E-state index contributed by atoms with van der Waals surface area (Å²) in [6.45, 7) is 3.03. The number of nitro groups is 1. The molecule has 3 aromatic rings. The van der Waals surface area contributed by atoms with Crippen molar-refractivity contribution in [3.8, 4) is 11.5 Å². The van der Waals surface area contributed by atoms with E-state index in [1.807, 2.05) is 48.2 Å². The SMILES string of the molecule is Cc1ccc([N+](=O)[O-])c(N2CCC(=Cc3noc(-c4ccccc4)n3)C2)n1. The topological polar surface area (TPSA) is 98.2 Å². The molecule has 27 heavy (non-hydrogen) atoms. The number of hydrogen-bond donors (Lipinski definition) is 0. The van der Waals surface area contributed by atoms with E-state index in [4.69, 9.17) is 4.52 Å². The van der Waals surface area contributed by atoms with Crippen LogP contribution in [0.25, 0.3) is 17.5 Å². The fourth-order valence-corrected chi connectivity index (χ4v) is 3.07. The summed E-state index contributed by atoms with van der Waals surface area (Å²) in [6.07, 6.45) is 2.64. The first-order valence-corrected chi connectivity index (χ1v) is 8.56. The number of nitrogens with zero attached hydrogens (tertiary/aromatic N) is 5. The third kappa shape index (κ3) is 3.55. The molecule has 0 bridgehead atoms. The van der Waals surface area contributed by atoms with Crippen LogP contribution in [0.1, 0.15) is 17.9 Å². The summed E-state index contributed by atoms with van der Waals surface area (Å²) in [5, 5.41) is 15.3. The van der Waals surface area contributed by atoms with E-state index < -0.39 is 4.92 Å². The minimum Gasteiger partial charge on any atom is -0.347 e. The van der Waals surface area contributed by atoms with Crippen LogP contribution in [-0.4, -0.2) is 33.1 Å². The second kappa shape index (κ2) is 6.99. The number of aryl methyl sites for hydroxylation is 1. The van der Waals surface area contributed by atoms with Crippen LogP contribution in [-0.2, 0) is 0 Å². The number of hydrogen-bond acceptors (Lipinski definition) is 7. The molecule has 0 saturated carbocycles. The van der Waals surface area contributed by atoms with Crippen molar-refractivity contribution < 1.29 is 9.45 Å². The van der Waals surface area contributed by atoms with E-state index in [0.717, 1.165) is 23.3 Å². The molecule has 0 amide bonds. The first kappa shape index (κ1) is 16.9. The Bertz CT molecular complexity index is 1010. The third-order valence-corrected chi connectivity index (χ3v) is 4.38. The molecule has 8 heteroatoms. The lowest BCUT2D eigenvalue weighted by atomic mass is 10.2. The fourth-order valence-electron chi connectivity index (χ4n) is 3.07. The standard InChI is InChI=1S/C19H17N5O3/c1-13-7-8-16(24(25)26)18(20-13)23-10-9-14(12-23)11-17-21-19(27-22-17)15-5-3-2-4-6-15/h2-8,11H,9-10,12H2,1H3. The molecule has 0 unspecified atom stereocenters. The van der Waals surface area contributed by atoms with Crippen LogP contribution in [0.5, 0.6) is 0 Å². The summed E-state index contributed by atoms with van der Waals surface area (Å²) in [7, 11) is 0. The fraction of sp³-hybridized carbons (Fsp3) is 0.211. The highest BCUT2D eigenvalue weighted by Gasteiger charge is 2.26. The van der Waals surface area contributed by atoms with Gasteiger partial charge in [0.1, 0.15) is 0 Å². The van der Waals surface area contributed by atoms with Crippen molar-refractivity contribution in [1.82, 2.24) is 15.1 Å². The van der Waals surface area contributed by atoms with Crippen LogP contribution in [0.3, 0.4) is 0 Å². The minimum absolute atomic E-state index is 0.0211. The maximum absolute atomic E-state index is 11.3. The van der Waals surface area contributed by atoms with Gasteiger partial charge in [-0.15, -0.1) is 0 Å². The van der Waals surface area contributed by atoms with Gasteiger partial charge in [0.2, 0.25) is 5.82 Å². The number of anilines is 1. The van der Waals surface area contributed by atoms with Crippen LogP contribution in [0.4, 0.5) is 11.5 Å². The molecule has 0 radical (unpaired) electrons. The monoisotopic (exact) mass is 363 g/mol. The average molecular weight is 363 g/mol. The molecular formula is C19H17N5O3. The van der Waals surface area contributed by atoms with Gasteiger partial charge in [0.15, 0.2) is 5.82 Å². The Kier molecular flexibility index (Phi) is 4.37. The van der Waals surface area contributed by atoms with Crippen LogP contribution in [0.15, 0.2) is 52.6 Å². The molecule has 0 spiro atoms. The lowest BCUT2D eigenvalue weighted by Crippen LogP contribution is -2.21. The van der Waals surface area contributed by atoms with Crippen LogP contribution in [0, 0.1) is 17.0 Å². The van der Waals surface area contributed by atoms with E-state index in [9.17, 15) is 10.1 Å². The van der Waals surface area contributed by atoms with Gasteiger partial charge in [-0.3, -0.25) is 10.1 Å². The van der Waals surface area contributed by atoms with E-state index in [1.54, 1.807) is 6.07 Å². The molecule has 4 rings (SSSR count). The van der Waals surface area contributed by atoms with Crippen molar-refractivity contribution in [2.75, 3.05) is 18.0 Å². The second-order valence-electron chi connectivity index (χ2n) is 6.35. The van der Waals surface area contributed by atoms with Crippen molar-refractivity contribution in [3.05, 3.63) is 69.7 Å². The van der Waals surface area contributed by atoms with Crippen molar-refractivity contribution in [3.63, 3.8) is 0 Å². The van der Waals surface area contributed by atoms with Gasteiger partial charge in [0.05, 0.1) is 4.92 Å². The van der Waals surface area contributed by atoms with Gasteiger partial charge < -0.3 is 9.42 Å². The predicted molar refractivity (Wildman–Crippen MR) is 100 cm³/mol. The quantitative estimate of drug-likeness (QED) is 0.515. The van der Waals surface area contributed by atoms with Crippen LogP contribution >= 0.6 is 0 Å². The van der Waals surface area contributed by atoms with Gasteiger partial charge in [-0.1, -0.05) is 23.4 Å². The van der Waals surface area contributed by atoms with Crippen molar-refractivity contribution >= 4 is 17.6 Å². The largest absolute Gasteiger partial charge is 0.347 e. The van der Waals surface area contributed by atoms with Crippen molar-refractivity contribution in [1.29, 1.82) is 0 Å². The van der Waals surface area contributed by atoms with Crippen LogP contribution in [0.2, 0.25) is 0 Å². The molecule has 1 aliphatic rings. The Balaban J connectivity index is 1.55. The molecule has 1 fully saturated rings. The first-order chi connectivity index (χ1) is 13.1. The molecule has 1 aliphatic heterocycles. The molecular weight excluding hydrogens is 346 g/mol. The average Bonchev–Trinajstić information content (AvgIpc) is 3.32. The second-order valence-corrected chi connectivity index (χ2v) is 6.35. The van der Waals surface area contributed by atoms with Gasteiger partial charge >= 0.3 is 5.69 Å². The maximum atomic E-state index is 11.3. The Hall–Kier alpha value is -3.55. The highest BCUT2D eigenvalue weighted by atomic mass is 16.6. The highest BCUT2D eigenvalue weighted by molar-refractivity contribution is 5.62. The molecule has 1 saturated heterocycles.